The highest BCUT2D eigenvalue weighted by Crippen LogP contribution is 2.35. The number of likely N-dealkylation sites (tertiary alicyclic amines) is 1. The summed E-state index contributed by atoms with van der Waals surface area (Å²) in [4.78, 5) is 19.0. The fourth-order valence-corrected chi connectivity index (χ4v) is 4.84. The van der Waals surface area contributed by atoms with E-state index in [1.165, 1.54) is 32.1 Å². The highest BCUT2D eigenvalue weighted by Gasteiger charge is 2.33. The van der Waals surface area contributed by atoms with Gasteiger partial charge in [0.25, 0.3) is 0 Å². The van der Waals surface area contributed by atoms with E-state index in [1.807, 2.05) is 43.6 Å². The number of pyridine rings is 1. The number of nitrogens with zero attached hydrogens (tertiary/aromatic N) is 2. The summed E-state index contributed by atoms with van der Waals surface area (Å²) in [5.74, 6) is 0. The number of ether oxygens (including phenoxy) is 1. The molecule has 25 heavy (non-hydrogen) atoms. The van der Waals surface area contributed by atoms with E-state index in [0.29, 0.717) is 0 Å². The summed E-state index contributed by atoms with van der Waals surface area (Å²) in [5.41, 5.74) is 0.666. The third-order valence-electron chi connectivity index (χ3n) is 4.86. The zero-order valence-corrected chi connectivity index (χ0v) is 16.5. The minimum absolute atomic E-state index is 0.0936. The van der Waals surface area contributed by atoms with Crippen molar-refractivity contribution >= 4 is 17.9 Å². The highest BCUT2D eigenvalue weighted by atomic mass is 32.2. The molecular weight excluding hydrogens is 332 g/mol. The monoisotopic (exact) mass is 362 g/mol. The van der Waals surface area contributed by atoms with Gasteiger partial charge in [-0.15, -0.1) is 11.8 Å². The number of carbonyl (C=O) groups excluding carboxylic acids is 1. The van der Waals surface area contributed by atoms with E-state index in [0.717, 1.165) is 35.2 Å². The zero-order valence-electron chi connectivity index (χ0n) is 15.7. The molecule has 1 saturated heterocycles. The lowest BCUT2D eigenvalue weighted by molar-refractivity contribution is 0.0224. The lowest BCUT2D eigenvalue weighted by Crippen LogP contribution is -2.36. The summed E-state index contributed by atoms with van der Waals surface area (Å²) >= 11 is 1.91. The number of thioether (sulfide) groups is 1. The Bertz CT molecular complexity index is 576. The molecule has 1 amide bonds. The molecule has 0 radical (unpaired) electrons. The Morgan fingerprint density at radius 3 is 2.56 bits per heavy atom. The molecule has 0 aromatic carbocycles. The lowest BCUT2D eigenvalue weighted by Gasteiger charge is -2.28. The normalized spacial score (nSPS) is 22.2. The van der Waals surface area contributed by atoms with E-state index in [1.54, 1.807) is 0 Å². The summed E-state index contributed by atoms with van der Waals surface area (Å²) in [5, 5.41) is 1.83. The first kappa shape index (κ1) is 18.6. The van der Waals surface area contributed by atoms with Crippen LogP contribution in [0.15, 0.2) is 23.4 Å². The van der Waals surface area contributed by atoms with E-state index >= 15 is 0 Å². The van der Waals surface area contributed by atoms with Crippen molar-refractivity contribution in [1.29, 1.82) is 0 Å². The predicted octanol–water partition coefficient (Wildman–Crippen LogP) is 5.58. The van der Waals surface area contributed by atoms with E-state index in [2.05, 4.69) is 17.1 Å². The van der Waals surface area contributed by atoms with Crippen LogP contribution in [-0.4, -0.2) is 33.4 Å². The maximum absolute atomic E-state index is 12.5. The molecular formula is C20H30N2O2S. The van der Waals surface area contributed by atoms with Crippen LogP contribution < -0.4 is 0 Å². The Kier molecular flexibility index (Phi) is 5.92. The fourth-order valence-electron chi connectivity index (χ4n) is 3.66. The van der Waals surface area contributed by atoms with Gasteiger partial charge < -0.3 is 9.64 Å². The van der Waals surface area contributed by atoms with Crippen LogP contribution in [0.3, 0.4) is 0 Å². The molecule has 1 aromatic heterocycles. The average Bonchev–Trinajstić information content (AvgIpc) is 3.05. The van der Waals surface area contributed by atoms with Gasteiger partial charge in [0.1, 0.15) is 5.60 Å². The molecule has 1 aromatic rings. The van der Waals surface area contributed by atoms with Gasteiger partial charge in [0.05, 0.1) is 11.1 Å². The van der Waals surface area contributed by atoms with Crippen molar-refractivity contribution in [3.05, 3.63) is 23.9 Å². The van der Waals surface area contributed by atoms with Crippen molar-refractivity contribution in [2.75, 3.05) is 6.54 Å². The van der Waals surface area contributed by atoms with Crippen molar-refractivity contribution in [2.45, 2.75) is 87.6 Å². The van der Waals surface area contributed by atoms with Crippen molar-refractivity contribution in [3.8, 4) is 0 Å². The molecule has 2 aliphatic rings. The standard InChI is InChI=1S/C20H30N2O2S/c1-20(2,3)24-19(23)22-13-7-10-17(22)15-11-12-18(21-14-15)25-16-8-5-4-6-9-16/h11-12,14,16-17H,4-10,13H2,1-3H3/t17-/m0/s1. The molecule has 5 heteroatoms. The Hall–Kier alpha value is -1.23. The molecule has 3 rings (SSSR count). The minimum Gasteiger partial charge on any atom is -0.444 e. The van der Waals surface area contributed by atoms with Crippen LogP contribution in [0.2, 0.25) is 0 Å². The third kappa shape index (κ3) is 5.13. The van der Waals surface area contributed by atoms with E-state index in [-0.39, 0.29) is 12.1 Å². The van der Waals surface area contributed by atoms with Crippen molar-refractivity contribution < 1.29 is 9.53 Å². The molecule has 0 unspecified atom stereocenters. The van der Waals surface area contributed by atoms with Gasteiger partial charge in [-0.25, -0.2) is 9.78 Å². The molecule has 1 saturated carbocycles. The number of amides is 1. The van der Waals surface area contributed by atoms with E-state index < -0.39 is 5.60 Å². The highest BCUT2D eigenvalue weighted by molar-refractivity contribution is 7.99. The maximum Gasteiger partial charge on any atom is 0.410 e. The Morgan fingerprint density at radius 2 is 1.92 bits per heavy atom. The van der Waals surface area contributed by atoms with E-state index in [9.17, 15) is 4.79 Å². The minimum atomic E-state index is -0.455. The molecule has 138 valence electrons. The van der Waals surface area contributed by atoms with Crippen LogP contribution in [0.5, 0.6) is 0 Å². The molecule has 2 heterocycles. The molecule has 1 atom stereocenters. The van der Waals surface area contributed by atoms with Crippen molar-refractivity contribution in [2.24, 2.45) is 0 Å². The summed E-state index contributed by atoms with van der Waals surface area (Å²) in [6.07, 6.45) is 10.4. The molecule has 2 fully saturated rings. The number of aromatic nitrogens is 1. The van der Waals surface area contributed by atoms with Crippen LogP contribution in [0.1, 0.15) is 77.3 Å². The second-order valence-corrected chi connectivity index (χ2v) is 9.46. The number of hydrogen-bond acceptors (Lipinski definition) is 4. The molecule has 0 N–H and O–H groups in total. The Morgan fingerprint density at radius 1 is 1.16 bits per heavy atom. The molecule has 4 nitrogen and oxygen atoms in total. The summed E-state index contributed by atoms with van der Waals surface area (Å²) in [7, 11) is 0. The summed E-state index contributed by atoms with van der Waals surface area (Å²) < 4.78 is 5.56. The van der Waals surface area contributed by atoms with Gasteiger partial charge in [0.15, 0.2) is 0 Å². The van der Waals surface area contributed by atoms with Gasteiger partial charge in [-0.3, -0.25) is 0 Å². The molecule has 0 spiro atoms. The second-order valence-electron chi connectivity index (χ2n) is 8.14. The van der Waals surface area contributed by atoms with Crippen LogP contribution in [0.25, 0.3) is 0 Å². The van der Waals surface area contributed by atoms with Crippen molar-refractivity contribution in [1.82, 2.24) is 9.88 Å². The zero-order chi connectivity index (χ0) is 17.9. The quantitative estimate of drug-likeness (QED) is 0.704. The molecule has 0 bridgehead atoms. The van der Waals surface area contributed by atoms with Gasteiger partial charge in [0, 0.05) is 18.0 Å². The first-order valence-corrected chi connectivity index (χ1v) is 10.4. The molecule has 1 aliphatic heterocycles. The van der Waals surface area contributed by atoms with E-state index in [4.69, 9.17) is 4.74 Å². The van der Waals surface area contributed by atoms with Gasteiger partial charge in [-0.2, -0.15) is 0 Å². The number of hydrogen-bond donors (Lipinski definition) is 0. The number of rotatable bonds is 3. The first-order valence-electron chi connectivity index (χ1n) is 9.54. The van der Waals surface area contributed by atoms with Crippen molar-refractivity contribution in [3.63, 3.8) is 0 Å². The molecule has 1 aliphatic carbocycles. The maximum atomic E-state index is 12.5. The Balaban J connectivity index is 1.63. The summed E-state index contributed by atoms with van der Waals surface area (Å²) in [6.45, 7) is 6.50. The van der Waals surface area contributed by atoms with Gasteiger partial charge in [-0.1, -0.05) is 25.3 Å². The third-order valence-corrected chi connectivity index (χ3v) is 6.15. The topological polar surface area (TPSA) is 42.4 Å². The van der Waals surface area contributed by atoms with Crippen LogP contribution in [-0.2, 0) is 4.74 Å². The first-order chi connectivity index (χ1) is 11.9. The SMILES string of the molecule is CC(C)(C)OC(=O)N1CCC[C@H]1c1ccc(SC2CCCCC2)nc1. The smallest absolute Gasteiger partial charge is 0.410 e. The largest absolute Gasteiger partial charge is 0.444 e. The van der Waals surface area contributed by atoms with Gasteiger partial charge in [0.2, 0.25) is 0 Å². The van der Waals surface area contributed by atoms with Crippen LogP contribution >= 0.6 is 11.8 Å². The average molecular weight is 363 g/mol. The predicted molar refractivity (Wildman–Crippen MR) is 102 cm³/mol. The lowest BCUT2D eigenvalue weighted by atomic mass is 10.0. The summed E-state index contributed by atoms with van der Waals surface area (Å²) in [6, 6.07) is 4.36. The fraction of sp³-hybridized carbons (Fsp3) is 0.700. The number of carbonyl (C=O) groups is 1. The van der Waals surface area contributed by atoms with Crippen LogP contribution in [0, 0.1) is 0 Å². The van der Waals surface area contributed by atoms with Crippen LogP contribution in [0.4, 0.5) is 4.79 Å². The van der Waals surface area contributed by atoms with Gasteiger partial charge in [-0.05, 0) is 58.1 Å². The van der Waals surface area contributed by atoms with Gasteiger partial charge >= 0.3 is 6.09 Å². The Labute approximate surface area is 155 Å². The second kappa shape index (κ2) is 7.98.